The molecule has 1 heterocycles. The Morgan fingerprint density at radius 3 is 2.61 bits per heavy atom. The monoisotopic (exact) mass is 258 g/mol. The van der Waals surface area contributed by atoms with E-state index >= 15 is 0 Å². The first-order valence-corrected chi connectivity index (χ1v) is 7.01. The molecule has 1 aromatic rings. The summed E-state index contributed by atoms with van der Waals surface area (Å²) >= 11 is 0. The molecule has 1 atom stereocenters. The lowest BCUT2D eigenvalue weighted by Gasteiger charge is -2.08. The number of hydrogen-bond acceptors (Lipinski definition) is 2. The van der Waals surface area contributed by atoms with E-state index < -0.39 is 0 Å². The van der Waals surface area contributed by atoms with Crippen molar-refractivity contribution in [2.75, 3.05) is 6.16 Å². The Kier molecular flexibility index (Phi) is 4.06. The summed E-state index contributed by atoms with van der Waals surface area (Å²) in [6.45, 7) is 0. The first-order chi connectivity index (χ1) is 8.66. The minimum absolute atomic E-state index is 0.0502. The van der Waals surface area contributed by atoms with Crippen LogP contribution in [0.4, 0.5) is 0 Å². The van der Waals surface area contributed by atoms with Gasteiger partial charge in [0, 0.05) is 12.0 Å². The molecule has 0 amide bonds. The standard InChI is InChI=1S/C14H15N2OP/c15-14(16)11-5-3-10(4-6-11)8-13(17)12-2-1-7-18-9-12/h1-7,18H,8-9H2,(H3,15,16). The molecular weight excluding hydrogens is 243 g/mol. The Morgan fingerprint density at radius 2 is 2.06 bits per heavy atom. The molecule has 0 radical (unpaired) electrons. The zero-order chi connectivity index (χ0) is 13.0. The van der Waals surface area contributed by atoms with Gasteiger partial charge in [-0.2, -0.15) is 0 Å². The summed E-state index contributed by atoms with van der Waals surface area (Å²) in [5, 5.41) is 7.30. The van der Waals surface area contributed by atoms with E-state index in [1.807, 2.05) is 24.3 Å². The molecule has 1 unspecified atom stereocenters. The highest BCUT2D eigenvalue weighted by Crippen LogP contribution is 2.22. The lowest BCUT2D eigenvalue weighted by molar-refractivity contribution is -0.114. The fourth-order valence-corrected chi connectivity index (χ4v) is 2.64. The van der Waals surface area contributed by atoms with Crippen LogP contribution >= 0.6 is 8.58 Å². The molecule has 1 aliphatic heterocycles. The summed E-state index contributed by atoms with van der Waals surface area (Å²) in [7, 11) is 0.716. The molecule has 0 spiro atoms. The minimum Gasteiger partial charge on any atom is -0.384 e. The van der Waals surface area contributed by atoms with Gasteiger partial charge >= 0.3 is 0 Å². The third kappa shape index (κ3) is 3.14. The Bertz CT molecular complexity index is 529. The van der Waals surface area contributed by atoms with E-state index in [9.17, 15) is 4.79 Å². The topological polar surface area (TPSA) is 66.9 Å². The van der Waals surface area contributed by atoms with E-state index in [4.69, 9.17) is 11.1 Å². The van der Waals surface area contributed by atoms with Crippen LogP contribution in [0.3, 0.4) is 0 Å². The van der Waals surface area contributed by atoms with Gasteiger partial charge in [-0.1, -0.05) is 50.8 Å². The Hall–Kier alpha value is -1.73. The van der Waals surface area contributed by atoms with Crippen molar-refractivity contribution in [3.05, 3.63) is 58.9 Å². The van der Waals surface area contributed by atoms with Crippen molar-refractivity contribution in [3.63, 3.8) is 0 Å². The fraction of sp³-hybridized carbons (Fsp3) is 0.143. The maximum absolute atomic E-state index is 12.0. The van der Waals surface area contributed by atoms with Crippen LogP contribution in [0.5, 0.6) is 0 Å². The minimum atomic E-state index is 0.0502. The second kappa shape index (κ2) is 5.74. The van der Waals surface area contributed by atoms with Crippen molar-refractivity contribution in [1.82, 2.24) is 0 Å². The van der Waals surface area contributed by atoms with Crippen LogP contribution in [-0.2, 0) is 11.2 Å². The second-order valence-electron chi connectivity index (χ2n) is 4.14. The first-order valence-electron chi connectivity index (χ1n) is 5.72. The number of carbonyl (C=O) groups excluding carboxylic acids is 1. The Labute approximate surface area is 108 Å². The predicted molar refractivity (Wildman–Crippen MR) is 76.6 cm³/mol. The highest BCUT2D eigenvalue weighted by molar-refractivity contribution is 7.42. The van der Waals surface area contributed by atoms with Crippen LogP contribution in [0.1, 0.15) is 11.1 Å². The van der Waals surface area contributed by atoms with E-state index in [1.54, 1.807) is 12.1 Å². The lowest BCUT2D eigenvalue weighted by Crippen LogP contribution is -2.12. The molecule has 0 bridgehead atoms. The molecule has 1 aromatic carbocycles. The molecule has 0 fully saturated rings. The van der Waals surface area contributed by atoms with E-state index in [0.29, 0.717) is 20.6 Å². The van der Waals surface area contributed by atoms with Gasteiger partial charge in [-0.15, -0.1) is 0 Å². The van der Waals surface area contributed by atoms with Gasteiger partial charge in [0.15, 0.2) is 5.78 Å². The van der Waals surface area contributed by atoms with Gasteiger partial charge in [0.05, 0.1) is 0 Å². The molecule has 1 aliphatic rings. The summed E-state index contributed by atoms with van der Waals surface area (Å²) < 4.78 is 0. The molecule has 4 heteroatoms. The fourth-order valence-electron chi connectivity index (χ4n) is 1.75. The van der Waals surface area contributed by atoms with Crippen molar-refractivity contribution in [2.24, 2.45) is 5.73 Å². The number of hydrogen-bond donors (Lipinski definition) is 2. The van der Waals surface area contributed by atoms with Gasteiger partial charge < -0.3 is 5.73 Å². The van der Waals surface area contributed by atoms with Crippen molar-refractivity contribution in [1.29, 1.82) is 5.41 Å². The summed E-state index contributed by atoms with van der Waals surface area (Å²) in [5.74, 6) is 2.33. The molecule has 18 heavy (non-hydrogen) atoms. The normalized spacial score (nSPS) is 15.4. The van der Waals surface area contributed by atoms with E-state index in [0.717, 1.165) is 17.3 Å². The quantitative estimate of drug-likeness (QED) is 0.494. The highest BCUT2D eigenvalue weighted by Gasteiger charge is 2.11. The number of rotatable bonds is 4. The molecule has 0 aliphatic carbocycles. The number of allylic oxidation sites excluding steroid dienone is 3. The van der Waals surface area contributed by atoms with Crippen LogP contribution in [0, 0.1) is 5.41 Å². The molecule has 0 saturated heterocycles. The van der Waals surface area contributed by atoms with Gasteiger partial charge in [0.1, 0.15) is 5.84 Å². The smallest absolute Gasteiger partial charge is 0.163 e. The van der Waals surface area contributed by atoms with Crippen LogP contribution in [0.2, 0.25) is 0 Å². The zero-order valence-corrected chi connectivity index (χ0v) is 10.9. The molecule has 3 nitrogen and oxygen atoms in total. The maximum Gasteiger partial charge on any atom is 0.163 e. The third-order valence-corrected chi connectivity index (χ3v) is 3.80. The zero-order valence-electron chi connectivity index (χ0n) is 9.94. The number of Topliss-reactive ketones (excluding diaryl/α,β-unsaturated/α-hetero) is 1. The largest absolute Gasteiger partial charge is 0.384 e. The van der Waals surface area contributed by atoms with Gasteiger partial charge in [-0.3, -0.25) is 10.2 Å². The lowest BCUT2D eigenvalue weighted by atomic mass is 10.0. The van der Waals surface area contributed by atoms with Gasteiger partial charge in [0.2, 0.25) is 0 Å². The third-order valence-electron chi connectivity index (χ3n) is 2.79. The van der Waals surface area contributed by atoms with Crippen molar-refractivity contribution < 1.29 is 4.79 Å². The van der Waals surface area contributed by atoms with E-state index in [-0.39, 0.29) is 11.6 Å². The summed E-state index contributed by atoms with van der Waals surface area (Å²) in [6.07, 6.45) is 5.14. The SMILES string of the molecule is N=C(N)c1ccc(CC(=O)C2=CC=CPC2)cc1. The predicted octanol–water partition coefficient (Wildman–Crippen LogP) is 2.21. The van der Waals surface area contributed by atoms with E-state index in [2.05, 4.69) is 5.82 Å². The first kappa shape index (κ1) is 12.7. The highest BCUT2D eigenvalue weighted by atomic mass is 31.1. The number of benzene rings is 1. The second-order valence-corrected chi connectivity index (χ2v) is 5.24. The van der Waals surface area contributed by atoms with Crippen molar-refractivity contribution >= 4 is 20.2 Å². The van der Waals surface area contributed by atoms with Crippen LogP contribution in [-0.4, -0.2) is 17.8 Å². The van der Waals surface area contributed by atoms with Crippen LogP contribution in [0.25, 0.3) is 0 Å². The van der Waals surface area contributed by atoms with Gasteiger partial charge in [-0.25, -0.2) is 0 Å². The summed E-state index contributed by atoms with van der Waals surface area (Å²) in [6, 6.07) is 7.27. The number of carbonyl (C=O) groups is 1. The molecule has 3 N–H and O–H groups in total. The number of nitrogens with two attached hydrogens (primary N) is 1. The molecular formula is C14H15N2OP. The Balaban J connectivity index is 2.05. The average Bonchev–Trinajstić information content (AvgIpc) is 2.40. The number of amidine groups is 1. The summed E-state index contributed by atoms with van der Waals surface area (Å²) in [5.41, 5.74) is 7.94. The summed E-state index contributed by atoms with van der Waals surface area (Å²) in [4.78, 5) is 12.0. The number of nitrogens with one attached hydrogen (secondary N) is 1. The molecule has 92 valence electrons. The molecule has 2 rings (SSSR count). The maximum atomic E-state index is 12.0. The van der Waals surface area contributed by atoms with Crippen LogP contribution < -0.4 is 5.73 Å². The number of ketones is 1. The van der Waals surface area contributed by atoms with Gasteiger partial charge in [-0.05, 0) is 17.3 Å². The Morgan fingerprint density at radius 1 is 1.33 bits per heavy atom. The van der Waals surface area contributed by atoms with Gasteiger partial charge in [0.25, 0.3) is 0 Å². The molecule has 0 aromatic heterocycles. The van der Waals surface area contributed by atoms with E-state index in [1.165, 1.54) is 0 Å². The number of nitrogen functional groups attached to an aromatic ring is 1. The average molecular weight is 258 g/mol. The molecule has 0 saturated carbocycles. The van der Waals surface area contributed by atoms with Crippen LogP contribution in [0.15, 0.2) is 47.8 Å². The van der Waals surface area contributed by atoms with Crippen molar-refractivity contribution in [2.45, 2.75) is 6.42 Å². The van der Waals surface area contributed by atoms with Crippen molar-refractivity contribution in [3.8, 4) is 0 Å².